The topological polar surface area (TPSA) is 79.5 Å². The van der Waals surface area contributed by atoms with Crippen LogP contribution in [-0.4, -0.2) is 30.5 Å². The normalized spacial score (nSPS) is 12.4. The molecule has 0 aliphatic rings. The van der Waals surface area contributed by atoms with Crippen molar-refractivity contribution in [1.82, 2.24) is 10.6 Å². The van der Waals surface area contributed by atoms with E-state index >= 15 is 0 Å². The number of carbonyl (C=O) groups is 1. The second-order valence-electron chi connectivity index (χ2n) is 4.35. The van der Waals surface area contributed by atoms with E-state index in [4.69, 9.17) is 5.73 Å². The SMILES string of the molecule is CCNC(N)=NCCC(=O)NC(C)(C)C. The molecule has 0 aliphatic heterocycles. The van der Waals surface area contributed by atoms with Gasteiger partial charge in [-0.1, -0.05) is 0 Å². The van der Waals surface area contributed by atoms with Gasteiger partial charge in [0.05, 0.1) is 6.54 Å². The Labute approximate surface area is 91.5 Å². The van der Waals surface area contributed by atoms with Crippen molar-refractivity contribution in [3.8, 4) is 0 Å². The Morgan fingerprint density at radius 2 is 2.00 bits per heavy atom. The zero-order valence-corrected chi connectivity index (χ0v) is 10.1. The van der Waals surface area contributed by atoms with E-state index in [1.807, 2.05) is 27.7 Å². The number of hydrogen-bond acceptors (Lipinski definition) is 2. The smallest absolute Gasteiger partial charge is 0.222 e. The van der Waals surface area contributed by atoms with Crippen molar-refractivity contribution in [2.45, 2.75) is 39.7 Å². The quantitative estimate of drug-likeness (QED) is 0.462. The molecule has 0 bridgehead atoms. The average Bonchev–Trinajstić information content (AvgIpc) is 2.00. The van der Waals surface area contributed by atoms with Crippen LogP contribution < -0.4 is 16.4 Å². The number of nitrogens with zero attached hydrogens (tertiary/aromatic N) is 1. The van der Waals surface area contributed by atoms with E-state index in [2.05, 4.69) is 15.6 Å². The number of amides is 1. The molecule has 0 radical (unpaired) electrons. The summed E-state index contributed by atoms with van der Waals surface area (Å²) in [6.07, 6.45) is 0.364. The summed E-state index contributed by atoms with van der Waals surface area (Å²) in [5, 5.41) is 5.72. The molecular formula is C10H22N4O. The molecule has 0 saturated carbocycles. The number of nitrogens with two attached hydrogens (primary N) is 1. The molecule has 0 aromatic heterocycles. The van der Waals surface area contributed by atoms with E-state index in [9.17, 15) is 4.79 Å². The van der Waals surface area contributed by atoms with E-state index in [-0.39, 0.29) is 11.4 Å². The fourth-order valence-corrected chi connectivity index (χ4v) is 0.996. The minimum atomic E-state index is -0.186. The van der Waals surface area contributed by atoms with Crippen molar-refractivity contribution in [3.63, 3.8) is 0 Å². The Kier molecular flexibility index (Phi) is 5.74. The molecule has 0 saturated heterocycles. The summed E-state index contributed by atoms with van der Waals surface area (Å²) in [5.41, 5.74) is 5.32. The van der Waals surface area contributed by atoms with E-state index in [1.54, 1.807) is 0 Å². The highest BCUT2D eigenvalue weighted by atomic mass is 16.1. The predicted molar refractivity (Wildman–Crippen MR) is 62.7 cm³/mol. The number of hydrogen-bond donors (Lipinski definition) is 3. The first kappa shape index (κ1) is 13.7. The van der Waals surface area contributed by atoms with Crippen molar-refractivity contribution in [1.29, 1.82) is 0 Å². The number of carbonyl (C=O) groups excluding carboxylic acids is 1. The molecule has 1 amide bonds. The fourth-order valence-electron chi connectivity index (χ4n) is 0.996. The van der Waals surface area contributed by atoms with Gasteiger partial charge in [0.1, 0.15) is 0 Å². The fraction of sp³-hybridized carbons (Fsp3) is 0.800. The highest BCUT2D eigenvalue weighted by Gasteiger charge is 2.12. The van der Waals surface area contributed by atoms with Crippen LogP contribution in [0, 0.1) is 0 Å². The van der Waals surface area contributed by atoms with Gasteiger partial charge in [0.2, 0.25) is 5.91 Å². The van der Waals surface area contributed by atoms with Gasteiger partial charge in [-0.2, -0.15) is 0 Å². The Morgan fingerprint density at radius 3 is 2.47 bits per heavy atom. The van der Waals surface area contributed by atoms with Crippen LogP contribution in [0.25, 0.3) is 0 Å². The summed E-state index contributed by atoms with van der Waals surface area (Å²) in [6.45, 7) is 8.93. The lowest BCUT2D eigenvalue weighted by atomic mass is 10.1. The molecule has 0 aliphatic carbocycles. The number of aliphatic imine (C=N–C) groups is 1. The van der Waals surface area contributed by atoms with Crippen molar-refractivity contribution >= 4 is 11.9 Å². The minimum absolute atomic E-state index is 0.00412. The maximum absolute atomic E-state index is 11.4. The monoisotopic (exact) mass is 214 g/mol. The summed E-state index contributed by atoms with van der Waals surface area (Å²) in [6, 6.07) is 0. The minimum Gasteiger partial charge on any atom is -0.370 e. The zero-order valence-electron chi connectivity index (χ0n) is 10.1. The van der Waals surface area contributed by atoms with Gasteiger partial charge >= 0.3 is 0 Å². The summed E-state index contributed by atoms with van der Waals surface area (Å²) in [5.74, 6) is 0.386. The number of rotatable bonds is 4. The van der Waals surface area contributed by atoms with E-state index in [0.717, 1.165) is 6.54 Å². The molecule has 0 atom stereocenters. The summed E-state index contributed by atoms with van der Waals surface area (Å²) in [4.78, 5) is 15.4. The Bertz CT molecular complexity index is 230. The lowest BCUT2D eigenvalue weighted by Gasteiger charge is -2.20. The second kappa shape index (κ2) is 6.27. The number of nitrogens with one attached hydrogen (secondary N) is 2. The summed E-state index contributed by atoms with van der Waals surface area (Å²) in [7, 11) is 0. The second-order valence-corrected chi connectivity index (χ2v) is 4.35. The molecule has 4 N–H and O–H groups in total. The van der Waals surface area contributed by atoms with Crippen LogP contribution in [0.1, 0.15) is 34.1 Å². The van der Waals surface area contributed by atoms with Crippen molar-refractivity contribution in [2.75, 3.05) is 13.1 Å². The molecule has 0 spiro atoms. The first-order valence-corrected chi connectivity index (χ1v) is 5.20. The van der Waals surface area contributed by atoms with E-state index in [1.165, 1.54) is 0 Å². The first-order valence-electron chi connectivity index (χ1n) is 5.20. The number of guanidine groups is 1. The standard InChI is InChI=1S/C10H22N4O/c1-5-12-9(11)13-7-6-8(15)14-10(2,3)4/h5-7H2,1-4H3,(H,14,15)(H3,11,12,13). The summed E-state index contributed by atoms with van der Waals surface area (Å²) < 4.78 is 0. The highest BCUT2D eigenvalue weighted by Crippen LogP contribution is 1.98. The van der Waals surface area contributed by atoms with Crippen LogP contribution in [0.15, 0.2) is 4.99 Å². The van der Waals surface area contributed by atoms with Gasteiger partial charge in [0.15, 0.2) is 5.96 Å². The van der Waals surface area contributed by atoms with E-state index < -0.39 is 0 Å². The highest BCUT2D eigenvalue weighted by molar-refractivity contribution is 5.79. The molecule has 0 rings (SSSR count). The maximum Gasteiger partial charge on any atom is 0.222 e. The van der Waals surface area contributed by atoms with Crippen LogP contribution in [0.3, 0.4) is 0 Å². The van der Waals surface area contributed by atoms with Gasteiger partial charge in [-0.3, -0.25) is 9.79 Å². The van der Waals surface area contributed by atoms with Crippen molar-refractivity contribution in [2.24, 2.45) is 10.7 Å². The molecule has 0 aromatic rings. The van der Waals surface area contributed by atoms with Crippen molar-refractivity contribution < 1.29 is 4.79 Å². The van der Waals surface area contributed by atoms with Gasteiger partial charge in [-0.05, 0) is 27.7 Å². The molecule has 0 unspecified atom stereocenters. The van der Waals surface area contributed by atoms with Crippen LogP contribution >= 0.6 is 0 Å². The van der Waals surface area contributed by atoms with Crippen LogP contribution in [-0.2, 0) is 4.79 Å². The molecule has 5 heteroatoms. The third-order valence-electron chi connectivity index (χ3n) is 1.49. The van der Waals surface area contributed by atoms with Crippen molar-refractivity contribution in [3.05, 3.63) is 0 Å². The van der Waals surface area contributed by atoms with Gasteiger partial charge in [0, 0.05) is 18.5 Å². The average molecular weight is 214 g/mol. The van der Waals surface area contributed by atoms with Gasteiger partial charge in [-0.15, -0.1) is 0 Å². The molecule has 0 heterocycles. The Morgan fingerprint density at radius 1 is 1.40 bits per heavy atom. The molecule has 5 nitrogen and oxygen atoms in total. The first-order chi connectivity index (χ1) is 6.85. The van der Waals surface area contributed by atoms with Gasteiger partial charge in [0.25, 0.3) is 0 Å². The third-order valence-corrected chi connectivity index (χ3v) is 1.49. The molecule has 0 aromatic carbocycles. The van der Waals surface area contributed by atoms with Crippen LogP contribution in [0.5, 0.6) is 0 Å². The predicted octanol–water partition coefficient (Wildman–Crippen LogP) is 0.215. The molecule has 15 heavy (non-hydrogen) atoms. The molecular weight excluding hydrogens is 192 g/mol. The van der Waals surface area contributed by atoms with Gasteiger partial charge in [-0.25, -0.2) is 0 Å². The lowest BCUT2D eigenvalue weighted by Crippen LogP contribution is -2.40. The van der Waals surface area contributed by atoms with Crippen LogP contribution in [0.4, 0.5) is 0 Å². The Balaban J connectivity index is 3.77. The van der Waals surface area contributed by atoms with Crippen LogP contribution in [0.2, 0.25) is 0 Å². The largest absolute Gasteiger partial charge is 0.370 e. The van der Waals surface area contributed by atoms with E-state index in [0.29, 0.717) is 18.9 Å². The summed E-state index contributed by atoms with van der Waals surface area (Å²) >= 11 is 0. The molecule has 0 fully saturated rings. The zero-order chi connectivity index (χ0) is 11.9. The maximum atomic E-state index is 11.4. The molecule has 88 valence electrons. The lowest BCUT2D eigenvalue weighted by molar-refractivity contribution is -0.122. The Hall–Kier alpha value is -1.26. The van der Waals surface area contributed by atoms with Gasteiger partial charge < -0.3 is 16.4 Å². The third kappa shape index (κ3) is 9.05.